The molecule has 0 atom stereocenters. The summed E-state index contributed by atoms with van der Waals surface area (Å²) in [5.41, 5.74) is 7.89. The standard InChI is InChI=1S/C23H21N/c1-17-13-14-22-21(15-17)18(2)23(20-11-7-4-8-12-20)24(22)16-19-9-5-3-6-10-19/h3-15H,16H2,1-2H3. The average molecular weight is 311 g/mol. The van der Waals surface area contributed by atoms with Crippen molar-refractivity contribution < 1.29 is 0 Å². The predicted octanol–water partition coefficient (Wildman–Crippen LogP) is 5.97. The zero-order chi connectivity index (χ0) is 16.5. The van der Waals surface area contributed by atoms with Gasteiger partial charge in [0, 0.05) is 17.4 Å². The first kappa shape index (κ1) is 14.8. The van der Waals surface area contributed by atoms with E-state index in [1.807, 2.05) is 0 Å². The Labute approximate surface area is 143 Å². The van der Waals surface area contributed by atoms with Crippen LogP contribution in [0.15, 0.2) is 78.9 Å². The molecule has 24 heavy (non-hydrogen) atoms. The second-order valence-electron chi connectivity index (χ2n) is 6.43. The summed E-state index contributed by atoms with van der Waals surface area (Å²) in [7, 11) is 0. The molecule has 0 N–H and O–H groups in total. The molecule has 0 aliphatic carbocycles. The van der Waals surface area contributed by atoms with Crippen LogP contribution in [0.2, 0.25) is 0 Å². The van der Waals surface area contributed by atoms with Gasteiger partial charge < -0.3 is 4.57 Å². The van der Waals surface area contributed by atoms with Crippen molar-refractivity contribution in [2.75, 3.05) is 0 Å². The molecular formula is C23H21N. The first-order chi connectivity index (χ1) is 11.7. The van der Waals surface area contributed by atoms with Crippen LogP contribution < -0.4 is 0 Å². The lowest BCUT2D eigenvalue weighted by atomic mass is 10.1. The number of fused-ring (bicyclic) bond motifs is 1. The number of benzene rings is 3. The smallest absolute Gasteiger partial charge is 0.0524 e. The monoisotopic (exact) mass is 311 g/mol. The summed E-state index contributed by atoms with van der Waals surface area (Å²) in [6, 6.07) is 28.2. The van der Waals surface area contributed by atoms with E-state index in [0.717, 1.165) is 6.54 Å². The van der Waals surface area contributed by atoms with Crippen molar-refractivity contribution in [3.05, 3.63) is 95.6 Å². The number of rotatable bonds is 3. The van der Waals surface area contributed by atoms with E-state index in [1.54, 1.807) is 0 Å². The first-order valence-corrected chi connectivity index (χ1v) is 8.43. The van der Waals surface area contributed by atoms with Crippen molar-refractivity contribution in [1.82, 2.24) is 4.57 Å². The molecule has 0 fully saturated rings. The Balaban J connectivity index is 1.99. The third-order valence-electron chi connectivity index (χ3n) is 4.70. The highest BCUT2D eigenvalue weighted by Crippen LogP contribution is 2.34. The fourth-order valence-electron chi connectivity index (χ4n) is 3.53. The van der Waals surface area contributed by atoms with Crippen LogP contribution >= 0.6 is 0 Å². The van der Waals surface area contributed by atoms with Crippen LogP contribution in [0, 0.1) is 13.8 Å². The number of aromatic nitrogens is 1. The van der Waals surface area contributed by atoms with Crippen molar-refractivity contribution in [1.29, 1.82) is 0 Å². The molecule has 1 heterocycles. The van der Waals surface area contributed by atoms with Crippen LogP contribution in [0.5, 0.6) is 0 Å². The maximum atomic E-state index is 2.45. The lowest BCUT2D eigenvalue weighted by molar-refractivity contribution is 0.842. The quantitative estimate of drug-likeness (QED) is 0.439. The summed E-state index contributed by atoms with van der Waals surface area (Å²) in [4.78, 5) is 0. The van der Waals surface area contributed by atoms with Gasteiger partial charge in [0.1, 0.15) is 0 Å². The number of nitrogens with zero attached hydrogens (tertiary/aromatic N) is 1. The van der Waals surface area contributed by atoms with Crippen molar-refractivity contribution in [3.8, 4) is 11.3 Å². The second-order valence-corrected chi connectivity index (χ2v) is 6.43. The molecule has 0 saturated carbocycles. The Morgan fingerprint density at radius 2 is 1.42 bits per heavy atom. The Morgan fingerprint density at radius 3 is 2.12 bits per heavy atom. The van der Waals surface area contributed by atoms with E-state index in [-0.39, 0.29) is 0 Å². The third-order valence-corrected chi connectivity index (χ3v) is 4.70. The van der Waals surface area contributed by atoms with Gasteiger partial charge in [-0.1, -0.05) is 72.3 Å². The van der Waals surface area contributed by atoms with Crippen LogP contribution in [0.1, 0.15) is 16.7 Å². The normalized spacial score (nSPS) is 11.1. The van der Waals surface area contributed by atoms with Crippen LogP contribution in [0.25, 0.3) is 22.2 Å². The highest BCUT2D eigenvalue weighted by atomic mass is 15.0. The molecule has 1 aromatic heterocycles. The average Bonchev–Trinajstić information content (AvgIpc) is 2.88. The van der Waals surface area contributed by atoms with E-state index in [1.165, 1.54) is 38.9 Å². The summed E-state index contributed by atoms with van der Waals surface area (Å²) >= 11 is 0. The van der Waals surface area contributed by atoms with Crippen molar-refractivity contribution in [3.63, 3.8) is 0 Å². The van der Waals surface area contributed by atoms with Gasteiger partial charge in [-0.25, -0.2) is 0 Å². The van der Waals surface area contributed by atoms with Gasteiger partial charge in [0.2, 0.25) is 0 Å². The minimum atomic E-state index is 0.887. The summed E-state index contributed by atoms with van der Waals surface area (Å²) in [6.45, 7) is 5.29. The van der Waals surface area contributed by atoms with Crippen molar-refractivity contribution in [2.24, 2.45) is 0 Å². The molecule has 0 spiro atoms. The zero-order valence-electron chi connectivity index (χ0n) is 14.2. The molecule has 0 aliphatic rings. The van der Waals surface area contributed by atoms with E-state index in [9.17, 15) is 0 Å². The topological polar surface area (TPSA) is 4.93 Å². The largest absolute Gasteiger partial charge is 0.336 e. The van der Waals surface area contributed by atoms with Gasteiger partial charge in [-0.2, -0.15) is 0 Å². The fraction of sp³-hybridized carbons (Fsp3) is 0.130. The molecule has 0 aliphatic heterocycles. The number of hydrogen-bond donors (Lipinski definition) is 0. The van der Waals surface area contributed by atoms with E-state index in [4.69, 9.17) is 0 Å². The Bertz CT molecular complexity index is 979. The van der Waals surface area contributed by atoms with Gasteiger partial charge in [-0.3, -0.25) is 0 Å². The molecule has 0 unspecified atom stereocenters. The zero-order valence-corrected chi connectivity index (χ0v) is 14.2. The molecule has 3 aromatic carbocycles. The molecule has 0 radical (unpaired) electrons. The maximum absolute atomic E-state index is 2.45. The van der Waals surface area contributed by atoms with E-state index >= 15 is 0 Å². The van der Waals surface area contributed by atoms with Crippen molar-refractivity contribution >= 4 is 10.9 Å². The molecule has 1 nitrogen and oxygen atoms in total. The summed E-state index contributed by atoms with van der Waals surface area (Å²) < 4.78 is 2.45. The van der Waals surface area contributed by atoms with Gasteiger partial charge in [0.25, 0.3) is 0 Å². The van der Waals surface area contributed by atoms with Crippen LogP contribution in [-0.2, 0) is 6.54 Å². The van der Waals surface area contributed by atoms with E-state index < -0.39 is 0 Å². The number of hydrogen-bond acceptors (Lipinski definition) is 0. The Morgan fingerprint density at radius 1 is 0.750 bits per heavy atom. The van der Waals surface area contributed by atoms with E-state index in [2.05, 4.69) is 97.3 Å². The highest BCUT2D eigenvalue weighted by Gasteiger charge is 2.15. The van der Waals surface area contributed by atoms with Gasteiger partial charge in [0.15, 0.2) is 0 Å². The lowest BCUT2D eigenvalue weighted by Gasteiger charge is -2.12. The summed E-state index contributed by atoms with van der Waals surface area (Å²) in [5.74, 6) is 0. The van der Waals surface area contributed by atoms with Crippen LogP contribution in [0.4, 0.5) is 0 Å². The third kappa shape index (κ3) is 2.52. The van der Waals surface area contributed by atoms with Crippen LogP contribution in [0.3, 0.4) is 0 Å². The minimum absolute atomic E-state index is 0.887. The SMILES string of the molecule is Cc1ccc2c(c1)c(C)c(-c1ccccc1)n2Cc1ccccc1. The number of aryl methyl sites for hydroxylation is 2. The van der Waals surface area contributed by atoms with Gasteiger partial charge >= 0.3 is 0 Å². The Hall–Kier alpha value is -2.80. The van der Waals surface area contributed by atoms with E-state index in [0.29, 0.717) is 0 Å². The molecule has 1 heteroatoms. The van der Waals surface area contributed by atoms with Crippen LogP contribution in [-0.4, -0.2) is 4.57 Å². The predicted molar refractivity (Wildman–Crippen MR) is 102 cm³/mol. The molecule has 4 aromatic rings. The Kier molecular flexibility index (Phi) is 3.70. The van der Waals surface area contributed by atoms with Crippen molar-refractivity contribution in [2.45, 2.75) is 20.4 Å². The summed E-state index contributed by atoms with van der Waals surface area (Å²) in [5, 5.41) is 1.35. The van der Waals surface area contributed by atoms with Gasteiger partial charge in [-0.15, -0.1) is 0 Å². The molecule has 0 amide bonds. The lowest BCUT2D eigenvalue weighted by Crippen LogP contribution is -2.02. The van der Waals surface area contributed by atoms with Gasteiger partial charge in [-0.05, 0) is 42.7 Å². The minimum Gasteiger partial charge on any atom is -0.336 e. The molecule has 118 valence electrons. The molecule has 4 rings (SSSR count). The molecule has 0 bridgehead atoms. The molecule has 0 saturated heterocycles. The fourth-order valence-corrected chi connectivity index (χ4v) is 3.53. The van der Waals surface area contributed by atoms with Gasteiger partial charge in [0.05, 0.1) is 5.69 Å². The maximum Gasteiger partial charge on any atom is 0.0524 e. The first-order valence-electron chi connectivity index (χ1n) is 8.43. The summed E-state index contributed by atoms with van der Waals surface area (Å²) in [6.07, 6.45) is 0. The molecular weight excluding hydrogens is 290 g/mol. The highest BCUT2D eigenvalue weighted by molar-refractivity contribution is 5.92. The second kappa shape index (κ2) is 6.01.